The Balaban J connectivity index is 1.80. The van der Waals surface area contributed by atoms with Gasteiger partial charge in [0, 0.05) is 18.7 Å². The number of ether oxygens (including phenoxy) is 4. The minimum atomic E-state index is -0.473. The molecular formula is C16H18ClNO5. The summed E-state index contributed by atoms with van der Waals surface area (Å²) in [5, 5.41) is 1.35. The highest BCUT2D eigenvalue weighted by Gasteiger charge is 2.09. The normalized spacial score (nSPS) is 10.7. The Bertz CT molecular complexity index is 649. The lowest BCUT2D eigenvalue weighted by Crippen LogP contribution is -2.18. The molecule has 0 aliphatic rings. The molecule has 2 aromatic rings. The van der Waals surface area contributed by atoms with E-state index >= 15 is 0 Å². The van der Waals surface area contributed by atoms with Crippen LogP contribution in [0.3, 0.4) is 0 Å². The molecule has 1 aromatic heterocycles. The standard InChI is InChI=1S/C16H18ClNO5/c1-20-7-8-21-9-10-22-15(19)11-23-14-5-4-13(17)12-3-2-6-18-16(12)14/h2-6H,7-11H2,1H3. The number of pyridine rings is 1. The van der Waals surface area contributed by atoms with Crippen LogP contribution in [0.2, 0.25) is 5.02 Å². The average Bonchev–Trinajstić information content (AvgIpc) is 2.58. The zero-order chi connectivity index (χ0) is 16.5. The molecule has 0 spiro atoms. The Morgan fingerprint density at radius 2 is 2.00 bits per heavy atom. The summed E-state index contributed by atoms with van der Waals surface area (Å²) < 4.78 is 20.5. The molecule has 0 unspecified atom stereocenters. The zero-order valence-corrected chi connectivity index (χ0v) is 13.5. The summed E-state index contributed by atoms with van der Waals surface area (Å²) in [6.07, 6.45) is 1.64. The maximum absolute atomic E-state index is 11.6. The number of nitrogens with zero attached hydrogens (tertiary/aromatic N) is 1. The van der Waals surface area contributed by atoms with Crippen molar-refractivity contribution in [3.8, 4) is 5.75 Å². The molecule has 124 valence electrons. The van der Waals surface area contributed by atoms with Crippen LogP contribution in [0, 0.1) is 0 Å². The van der Waals surface area contributed by atoms with E-state index in [4.69, 9.17) is 30.5 Å². The van der Waals surface area contributed by atoms with E-state index in [0.717, 1.165) is 5.39 Å². The van der Waals surface area contributed by atoms with Gasteiger partial charge in [-0.15, -0.1) is 0 Å². The molecule has 0 N–H and O–H groups in total. The maximum atomic E-state index is 11.6. The third kappa shape index (κ3) is 5.35. The molecule has 1 heterocycles. The van der Waals surface area contributed by atoms with Gasteiger partial charge in [-0.1, -0.05) is 11.6 Å². The molecule has 0 bridgehead atoms. The Morgan fingerprint density at radius 3 is 2.83 bits per heavy atom. The van der Waals surface area contributed by atoms with Crippen molar-refractivity contribution in [3.05, 3.63) is 35.5 Å². The van der Waals surface area contributed by atoms with Crippen LogP contribution in [0.4, 0.5) is 0 Å². The van der Waals surface area contributed by atoms with Gasteiger partial charge in [-0.2, -0.15) is 0 Å². The highest BCUT2D eigenvalue weighted by molar-refractivity contribution is 6.35. The Labute approximate surface area is 139 Å². The van der Waals surface area contributed by atoms with Gasteiger partial charge in [-0.05, 0) is 24.3 Å². The van der Waals surface area contributed by atoms with Crippen molar-refractivity contribution in [2.24, 2.45) is 0 Å². The van der Waals surface area contributed by atoms with Crippen molar-refractivity contribution in [3.63, 3.8) is 0 Å². The first-order chi connectivity index (χ1) is 11.2. The number of carbonyl (C=O) groups is 1. The van der Waals surface area contributed by atoms with Gasteiger partial charge in [-0.25, -0.2) is 4.79 Å². The van der Waals surface area contributed by atoms with E-state index < -0.39 is 5.97 Å². The number of methoxy groups -OCH3 is 1. The summed E-state index contributed by atoms with van der Waals surface area (Å²) in [6.45, 7) is 1.26. The van der Waals surface area contributed by atoms with Gasteiger partial charge in [0.05, 0.1) is 24.8 Å². The van der Waals surface area contributed by atoms with Crippen LogP contribution in [0.25, 0.3) is 10.9 Å². The molecule has 0 aliphatic heterocycles. The maximum Gasteiger partial charge on any atom is 0.344 e. The Hall–Kier alpha value is -1.89. The van der Waals surface area contributed by atoms with E-state index in [9.17, 15) is 4.79 Å². The topological polar surface area (TPSA) is 66.9 Å². The third-order valence-electron chi connectivity index (χ3n) is 2.95. The molecule has 6 nitrogen and oxygen atoms in total. The van der Waals surface area contributed by atoms with Crippen LogP contribution in [0.1, 0.15) is 0 Å². The van der Waals surface area contributed by atoms with Crippen LogP contribution in [-0.2, 0) is 19.0 Å². The molecule has 0 aliphatic carbocycles. The molecule has 0 radical (unpaired) electrons. The fraction of sp³-hybridized carbons (Fsp3) is 0.375. The second kappa shape index (κ2) is 9.29. The molecule has 0 saturated heterocycles. The number of benzene rings is 1. The monoisotopic (exact) mass is 339 g/mol. The molecule has 0 amide bonds. The molecule has 0 saturated carbocycles. The summed E-state index contributed by atoms with van der Waals surface area (Å²) in [5.74, 6) is 0.0117. The van der Waals surface area contributed by atoms with Gasteiger partial charge in [0.1, 0.15) is 17.9 Å². The fourth-order valence-electron chi connectivity index (χ4n) is 1.87. The van der Waals surface area contributed by atoms with Crippen molar-refractivity contribution in [1.29, 1.82) is 0 Å². The predicted molar refractivity (Wildman–Crippen MR) is 85.9 cm³/mol. The van der Waals surface area contributed by atoms with Gasteiger partial charge >= 0.3 is 5.97 Å². The summed E-state index contributed by atoms with van der Waals surface area (Å²) in [4.78, 5) is 15.9. The summed E-state index contributed by atoms with van der Waals surface area (Å²) in [7, 11) is 1.59. The largest absolute Gasteiger partial charge is 0.480 e. The molecular weight excluding hydrogens is 322 g/mol. The number of fused-ring (bicyclic) bond motifs is 1. The smallest absolute Gasteiger partial charge is 0.344 e. The summed E-state index contributed by atoms with van der Waals surface area (Å²) in [6, 6.07) is 7.01. The van der Waals surface area contributed by atoms with Gasteiger partial charge in [0.25, 0.3) is 0 Å². The van der Waals surface area contributed by atoms with Gasteiger partial charge in [0.2, 0.25) is 0 Å². The molecule has 7 heteroatoms. The fourth-order valence-corrected chi connectivity index (χ4v) is 2.08. The van der Waals surface area contributed by atoms with E-state index in [1.165, 1.54) is 0 Å². The molecule has 0 fully saturated rings. The number of hydrogen-bond acceptors (Lipinski definition) is 6. The van der Waals surface area contributed by atoms with Crippen LogP contribution in [-0.4, -0.2) is 51.1 Å². The number of esters is 1. The van der Waals surface area contributed by atoms with Gasteiger partial charge < -0.3 is 18.9 Å². The number of hydrogen-bond donors (Lipinski definition) is 0. The second-order valence-corrected chi connectivity index (χ2v) is 4.97. The first-order valence-electron chi connectivity index (χ1n) is 7.10. The van der Waals surface area contributed by atoms with Crippen molar-refractivity contribution in [2.75, 3.05) is 40.1 Å². The summed E-state index contributed by atoms with van der Waals surface area (Å²) in [5.41, 5.74) is 0.607. The minimum Gasteiger partial charge on any atom is -0.480 e. The van der Waals surface area contributed by atoms with Crippen LogP contribution in [0.15, 0.2) is 30.5 Å². The van der Waals surface area contributed by atoms with Crippen LogP contribution < -0.4 is 4.74 Å². The second-order valence-electron chi connectivity index (χ2n) is 4.56. The molecule has 0 atom stereocenters. The molecule has 2 rings (SSSR count). The van der Waals surface area contributed by atoms with Crippen molar-refractivity contribution >= 4 is 28.5 Å². The Kier molecular flexibility index (Phi) is 7.06. The Morgan fingerprint density at radius 1 is 1.17 bits per heavy atom. The molecule has 23 heavy (non-hydrogen) atoms. The first-order valence-corrected chi connectivity index (χ1v) is 7.48. The highest BCUT2D eigenvalue weighted by Crippen LogP contribution is 2.29. The first kappa shape index (κ1) is 17.5. The van der Waals surface area contributed by atoms with Crippen molar-refractivity contribution in [2.45, 2.75) is 0 Å². The zero-order valence-electron chi connectivity index (χ0n) is 12.8. The van der Waals surface area contributed by atoms with Gasteiger partial charge in [0.15, 0.2) is 6.61 Å². The quantitative estimate of drug-likeness (QED) is 0.516. The highest BCUT2D eigenvalue weighted by atomic mass is 35.5. The predicted octanol–water partition coefficient (Wildman–Crippen LogP) is 2.47. The minimum absolute atomic E-state index is 0.172. The lowest BCUT2D eigenvalue weighted by molar-refractivity contribution is -0.147. The van der Waals surface area contributed by atoms with E-state index in [1.54, 1.807) is 31.5 Å². The van der Waals surface area contributed by atoms with Crippen LogP contribution >= 0.6 is 11.6 Å². The number of rotatable bonds is 9. The number of aromatic nitrogens is 1. The number of carbonyl (C=O) groups excluding carboxylic acids is 1. The third-order valence-corrected chi connectivity index (χ3v) is 3.28. The van der Waals surface area contributed by atoms with E-state index in [0.29, 0.717) is 36.1 Å². The van der Waals surface area contributed by atoms with Crippen molar-refractivity contribution in [1.82, 2.24) is 4.98 Å². The average molecular weight is 340 g/mol. The lowest BCUT2D eigenvalue weighted by Gasteiger charge is -2.09. The lowest BCUT2D eigenvalue weighted by atomic mass is 10.2. The summed E-state index contributed by atoms with van der Waals surface area (Å²) >= 11 is 6.10. The van der Waals surface area contributed by atoms with Crippen molar-refractivity contribution < 1.29 is 23.7 Å². The van der Waals surface area contributed by atoms with E-state index in [-0.39, 0.29) is 13.2 Å². The van der Waals surface area contributed by atoms with E-state index in [2.05, 4.69) is 4.98 Å². The van der Waals surface area contributed by atoms with Crippen LogP contribution in [0.5, 0.6) is 5.75 Å². The molecule has 1 aromatic carbocycles. The number of halogens is 1. The van der Waals surface area contributed by atoms with E-state index in [1.807, 2.05) is 6.07 Å². The van der Waals surface area contributed by atoms with Gasteiger partial charge in [-0.3, -0.25) is 4.98 Å². The SMILES string of the molecule is COCCOCCOC(=O)COc1ccc(Cl)c2cccnc12.